The molecule has 7 heteroatoms. The second-order valence-corrected chi connectivity index (χ2v) is 12.6. The highest BCUT2D eigenvalue weighted by Gasteiger charge is 2.30. The summed E-state index contributed by atoms with van der Waals surface area (Å²) in [7, 11) is 0. The summed E-state index contributed by atoms with van der Waals surface area (Å²) >= 11 is 5.24. The van der Waals surface area contributed by atoms with E-state index in [1.165, 1.54) is 38.6 Å². The van der Waals surface area contributed by atoms with Crippen molar-refractivity contribution in [2.45, 2.75) is 87.5 Å². The molecule has 0 aliphatic carbocycles. The SMILES string of the molecule is CC.CCC(C)(C)COc1c(-c2scc3c2OCCC3)sc(-c2scc3c2OCCO3)c1C.CCCC. The van der Waals surface area contributed by atoms with Crippen LogP contribution in [0.15, 0.2) is 10.8 Å². The summed E-state index contributed by atoms with van der Waals surface area (Å²) in [6.07, 6.45) is 5.88. The summed E-state index contributed by atoms with van der Waals surface area (Å²) in [6.45, 7) is 19.9. The fourth-order valence-corrected chi connectivity index (χ4v) is 7.31. The van der Waals surface area contributed by atoms with E-state index in [1.54, 1.807) is 34.0 Å². The summed E-state index contributed by atoms with van der Waals surface area (Å²) in [4.78, 5) is 4.70. The Morgan fingerprint density at radius 2 is 1.49 bits per heavy atom. The minimum atomic E-state index is 0.121. The van der Waals surface area contributed by atoms with E-state index in [2.05, 4.69) is 52.3 Å². The Morgan fingerprint density at radius 3 is 2.19 bits per heavy atom. The number of rotatable bonds is 7. The zero-order valence-electron chi connectivity index (χ0n) is 23.9. The minimum absolute atomic E-state index is 0.121. The first-order valence-corrected chi connectivity index (χ1v) is 16.3. The van der Waals surface area contributed by atoms with E-state index in [0.29, 0.717) is 19.8 Å². The molecule has 3 aromatic heterocycles. The largest absolute Gasteiger partial charge is 0.492 e. The number of ether oxygens (including phenoxy) is 4. The van der Waals surface area contributed by atoms with Crippen molar-refractivity contribution in [1.29, 1.82) is 0 Å². The van der Waals surface area contributed by atoms with Crippen molar-refractivity contribution < 1.29 is 18.9 Å². The molecular formula is C30H44O4S3. The predicted octanol–water partition coefficient (Wildman–Crippen LogP) is 10.3. The maximum atomic E-state index is 6.56. The van der Waals surface area contributed by atoms with Crippen molar-refractivity contribution in [2.24, 2.45) is 5.41 Å². The van der Waals surface area contributed by atoms with Crippen molar-refractivity contribution >= 4 is 34.0 Å². The first-order chi connectivity index (χ1) is 17.9. The van der Waals surface area contributed by atoms with E-state index in [1.807, 2.05) is 13.8 Å². The molecule has 0 bridgehead atoms. The van der Waals surface area contributed by atoms with Crippen LogP contribution in [0.3, 0.4) is 0 Å². The fraction of sp³-hybridized carbons (Fsp3) is 0.600. The van der Waals surface area contributed by atoms with Gasteiger partial charge < -0.3 is 18.9 Å². The lowest BCUT2D eigenvalue weighted by atomic mass is 9.92. The third-order valence-electron chi connectivity index (χ3n) is 6.52. The van der Waals surface area contributed by atoms with Crippen molar-refractivity contribution in [2.75, 3.05) is 26.4 Å². The Hall–Kier alpha value is -1.70. The number of aryl methyl sites for hydroxylation is 1. The Kier molecular flexibility index (Phi) is 11.2. The van der Waals surface area contributed by atoms with E-state index < -0.39 is 0 Å². The van der Waals surface area contributed by atoms with Gasteiger partial charge in [0.05, 0.1) is 32.7 Å². The fourth-order valence-electron chi connectivity index (χ4n) is 3.73. The average molecular weight is 565 g/mol. The van der Waals surface area contributed by atoms with E-state index in [0.717, 1.165) is 53.7 Å². The summed E-state index contributed by atoms with van der Waals surface area (Å²) in [5.41, 5.74) is 2.61. The third kappa shape index (κ3) is 6.85. The highest BCUT2D eigenvalue weighted by Crippen LogP contribution is 2.56. The molecule has 0 spiro atoms. The summed E-state index contributed by atoms with van der Waals surface area (Å²) in [5, 5.41) is 4.31. The molecule has 0 saturated carbocycles. The van der Waals surface area contributed by atoms with Crippen LogP contribution in [-0.4, -0.2) is 26.4 Å². The summed E-state index contributed by atoms with van der Waals surface area (Å²) < 4.78 is 24.5. The molecular weight excluding hydrogens is 521 g/mol. The van der Waals surface area contributed by atoms with Gasteiger partial charge in [-0.3, -0.25) is 0 Å². The molecule has 0 radical (unpaired) electrons. The summed E-state index contributed by atoms with van der Waals surface area (Å²) in [5.74, 6) is 3.76. The Balaban J connectivity index is 0.000000580. The van der Waals surface area contributed by atoms with Gasteiger partial charge in [-0.25, -0.2) is 0 Å². The molecule has 5 heterocycles. The Morgan fingerprint density at radius 1 is 0.838 bits per heavy atom. The van der Waals surface area contributed by atoms with Gasteiger partial charge in [-0.1, -0.05) is 61.3 Å². The van der Waals surface area contributed by atoms with Crippen LogP contribution in [0, 0.1) is 12.3 Å². The molecule has 2 aliphatic rings. The molecule has 5 rings (SSSR count). The molecule has 0 fully saturated rings. The zero-order valence-corrected chi connectivity index (χ0v) is 26.3. The van der Waals surface area contributed by atoms with Crippen LogP contribution < -0.4 is 18.9 Å². The quantitative estimate of drug-likeness (QED) is 0.286. The van der Waals surface area contributed by atoms with Crippen LogP contribution in [0.2, 0.25) is 0 Å². The Labute approximate surface area is 235 Å². The smallest absolute Gasteiger partial charge is 0.180 e. The van der Waals surface area contributed by atoms with Gasteiger partial charge in [0, 0.05) is 16.5 Å². The van der Waals surface area contributed by atoms with Crippen LogP contribution >= 0.6 is 34.0 Å². The number of thiophene rings is 3. The lowest BCUT2D eigenvalue weighted by Gasteiger charge is -2.23. The average Bonchev–Trinajstić information content (AvgIpc) is 3.64. The molecule has 0 aromatic carbocycles. The van der Waals surface area contributed by atoms with Crippen molar-refractivity contribution in [1.82, 2.24) is 0 Å². The number of hydrogen-bond acceptors (Lipinski definition) is 7. The molecule has 37 heavy (non-hydrogen) atoms. The number of unbranched alkanes of at least 4 members (excludes halogenated alkanes) is 1. The molecule has 4 nitrogen and oxygen atoms in total. The van der Waals surface area contributed by atoms with Crippen molar-refractivity contribution in [3.05, 3.63) is 21.9 Å². The maximum Gasteiger partial charge on any atom is 0.180 e. The van der Waals surface area contributed by atoms with Gasteiger partial charge in [0.15, 0.2) is 11.5 Å². The second kappa shape index (κ2) is 13.9. The van der Waals surface area contributed by atoms with Gasteiger partial charge in [-0.05, 0) is 37.0 Å². The molecule has 0 amide bonds. The van der Waals surface area contributed by atoms with Gasteiger partial charge in [0.1, 0.15) is 24.7 Å². The second-order valence-electron chi connectivity index (χ2n) is 9.85. The zero-order chi connectivity index (χ0) is 27.0. The van der Waals surface area contributed by atoms with Gasteiger partial charge in [0.25, 0.3) is 0 Å². The normalized spacial score (nSPS) is 13.9. The number of hydrogen-bond donors (Lipinski definition) is 0. The first-order valence-electron chi connectivity index (χ1n) is 13.8. The van der Waals surface area contributed by atoms with E-state index in [9.17, 15) is 0 Å². The van der Waals surface area contributed by atoms with Gasteiger partial charge in [-0.2, -0.15) is 0 Å². The molecule has 206 valence electrons. The van der Waals surface area contributed by atoms with E-state index in [-0.39, 0.29) is 5.41 Å². The highest BCUT2D eigenvalue weighted by molar-refractivity contribution is 7.26. The van der Waals surface area contributed by atoms with Crippen LogP contribution in [0.1, 0.15) is 85.3 Å². The van der Waals surface area contributed by atoms with Crippen LogP contribution in [0.5, 0.6) is 23.0 Å². The van der Waals surface area contributed by atoms with Gasteiger partial charge >= 0.3 is 0 Å². The molecule has 0 saturated heterocycles. The maximum absolute atomic E-state index is 6.56. The lowest BCUT2D eigenvalue weighted by molar-refractivity contribution is 0.174. The van der Waals surface area contributed by atoms with Crippen LogP contribution in [0.25, 0.3) is 19.5 Å². The lowest BCUT2D eigenvalue weighted by Crippen LogP contribution is -2.20. The topological polar surface area (TPSA) is 36.9 Å². The molecule has 2 aliphatic heterocycles. The number of fused-ring (bicyclic) bond motifs is 2. The van der Waals surface area contributed by atoms with Crippen LogP contribution in [0.4, 0.5) is 0 Å². The standard InChI is InChI=1S/C24H28O4S3.C4H10.C2H6/c1-5-24(3,4)13-28-17-14(2)20(22-19-16(12-30-22)25-9-10-27-19)31-23(17)21-18-15(11-29-21)7-6-8-26-18;1-3-4-2;1-2/h11-12H,5-10,13H2,1-4H3;3-4H2,1-2H3;1-2H3. The van der Waals surface area contributed by atoms with Crippen molar-refractivity contribution in [3.8, 4) is 42.5 Å². The van der Waals surface area contributed by atoms with Gasteiger partial charge in [0.2, 0.25) is 0 Å². The van der Waals surface area contributed by atoms with Crippen molar-refractivity contribution in [3.63, 3.8) is 0 Å². The minimum Gasteiger partial charge on any atom is -0.492 e. The van der Waals surface area contributed by atoms with E-state index >= 15 is 0 Å². The molecule has 0 unspecified atom stereocenters. The summed E-state index contributed by atoms with van der Waals surface area (Å²) in [6, 6.07) is 0. The van der Waals surface area contributed by atoms with Gasteiger partial charge in [-0.15, -0.1) is 34.0 Å². The molecule has 3 aromatic rings. The highest BCUT2D eigenvalue weighted by atomic mass is 32.1. The molecule has 0 N–H and O–H groups in total. The monoisotopic (exact) mass is 564 g/mol. The van der Waals surface area contributed by atoms with E-state index in [4.69, 9.17) is 18.9 Å². The third-order valence-corrected chi connectivity index (χ3v) is 10.1. The molecule has 0 atom stereocenters. The Bertz CT molecular complexity index is 1120. The van der Waals surface area contributed by atoms with Crippen LogP contribution in [-0.2, 0) is 6.42 Å². The first kappa shape index (κ1) is 29.9. The predicted molar refractivity (Wildman–Crippen MR) is 162 cm³/mol.